The van der Waals surface area contributed by atoms with Gasteiger partial charge in [0.2, 0.25) is 0 Å². The van der Waals surface area contributed by atoms with E-state index >= 15 is 0 Å². The molecule has 0 fully saturated rings. The van der Waals surface area contributed by atoms with Crippen molar-refractivity contribution in [2.45, 2.75) is 64.5 Å². The largest absolute Gasteiger partial charge is 0.392 e. The van der Waals surface area contributed by atoms with Crippen LogP contribution in [0.1, 0.15) is 34.1 Å². The van der Waals surface area contributed by atoms with E-state index in [2.05, 4.69) is 45.3 Å². The van der Waals surface area contributed by atoms with Crippen LogP contribution in [0.3, 0.4) is 0 Å². The molecule has 0 saturated heterocycles. The van der Waals surface area contributed by atoms with Crippen LogP contribution in [0, 0.1) is 11.5 Å². The number of halogens is 3. The number of hydrogen-bond donors (Lipinski definition) is 0. The van der Waals surface area contributed by atoms with Crippen molar-refractivity contribution in [3.8, 4) is 11.5 Å². The van der Waals surface area contributed by atoms with Crippen molar-refractivity contribution in [2.24, 2.45) is 0 Å². The molecule has 0 radical (unpaired) electrons. The van der Waals surface area contributed by atoms with Gasteiger partial charge in [-0.3, -0.25) is 0 Å². The highest BCUT2D eigenvalue weighted by Gasteiger charge is 2.35. The standard InChI is InChI=1S/C13H23F3OSi/c1-7-17-11(10-13(14,15)16)8-9-18(5,6)12(2,3)4/h11H,7,10H2,1-6H3. The molecule has 1 nitrogen and oxygen atoms in total. The first-order valence-electron chi connectivity index (χ1n) is 6.10. The minimum atomic E-state index is -4.23. The summed E-state index contributed by atoms with van der Waals surface area (Å²) in [6.45, 7) is 12.3. The molecule has 0 aliphatic carbocycles. The van der Waals surface area contributed by atoms with E-state index in [0.29, 0.717) is 0 Å². The zero-order chi connectivity index (χ0) is 14.6. The number of alkyl halides is 3. The Morgan fingerprint density at radius 1 is 1.17 bits per heavy atom. The molecule has 18 heavy (non-hydrogen) atoms. The molecule has 0 N–H and O–H groups in total. The fourth-order valence-corrected chi connectivity index (χ4v) is 1.91. The summed E-state index contributed by atoms with van der Waals surface area (Å²) in [6.07, 6.45) is -6.27. The van der Waals surface area contributed by atoms with E-state index in [-0.39, 0.29) is 11.6 Å². The van der Waals surface area contributed by atoms with E-state index in [9.17, 15) is 13.2 Å². The Morgan fingerprint density at radius 2 is 1.67 bits per heavy atom. The van der Waals surface area contributed by atoms with Crippen molar-refractivity contribution in [1.29, 1.82) is 0 Å². The van der Waals surface area contributed by atoms with Gasteiger partial charge in [0.1, 0.15) is 14.2 Å². The Hall–Kier alpha value is -0.473. The van der Waals surface area contributed by atoms with E-state index in [1.165, 1.54) is 0 Å². The number of ether oxygens (including phenoxy) is 1. The highest BCUT2D eigenvalue weighted by Crippen LogP contribution is 2.35. The summed E-state index contributed by atoms with van der Waals surface area (Å²) in [5.41, 5.74) is 3.07. The SMILES string of the molecule is CCOC(C#C[Si](C)(C)C(C)(C)C)CC(F)(F)F. The lowest BCUT2D eigenvalue weighted by Crippen LogP contribution is -2.36. The quantitative estimate of drug-likeness (QED) is 0.550. The van der Waals surface area contributed by atoms with Crippen molar-refractivity contribution in [2.75, 3.05) is 6.61 Å². The van der Waals surface area contributed by atoms with Gasteiger partial charge in [0, 0.05) is 6.61 Å². The van der Waals surface area contributed by atoms with Crippen LogP contribution in [0.25, 0.3) is 0 Å². The van der Waals surface area contributed by atoms with Crippen LogP contribution >= 0.6 is 0 Å². The first-order valence-corrected chi connectivity index (χ1v) is 9.10. The molecule has 0 aromatic heterocycles. The van der Waals surface area contributed by atoms with Crippen LogP contribution in [0.2, 0.25) is 18.1 Å². The van der Waals surface area contributed by atoms with Crippen molar-refractivity contribution < 1.29 is 17.9 Å². The maximum absolute atomic E-state index is 12.3. The summed E-state index contributed by atoms with van der Waals surface area (Å²) >= 11 is 0. The maximum Gasteiger partial charge on any atom is 0.392 e. The van der Waals surface area contributed by atoms with Crippen LogP contribution in [-0.2, 0) is 4.74 Å². The third-order valence-electron chi connectivity index (χ3n) is 3.21. The van der Waals surface area contributed by atoms with Crippen molar-refractivity contribution in [3.05, 3.63) is 0 Å². The van der Waals surface area contributed by atoms with Gasteiger partial charge < -0.3 is 4.74 Å². The molecule has 1 atom stereocenters. The normalized spacial score (nSPS) is 14.9. The Morgan fingerprint density at radius 3 is 2.00 bits per heavy atom. The van der Waals surface area contributed by atoms with Gasteiger partial charge in [-0.1, -0.05) is 39.8 Å². The molecular formula is C13H23F3OSi. The second kappa shape index (κ2) is 6.11. The summed E-state index contributed by atoms with van der Waals surface area (Å²) < 4.78 is 42.1. The predicted octanol–water partition coefficient (Wildman–Crippen LogP) is 4.40. The fraction of sp³-hybridized carbons (Fsp3) is 0.846. The molecule has 0 amide bonds. The Bertz CT molecular complexity index is 318. The highest BCUT2D eigenvalue weighted by atomic mass is 28.3. The third kappa shape index (κ3) is 6.46. The first kappa shape index (κ1) is 17.5. The van der Waals surface area contributed by atoms with Gasteiger partial charge in [-0.2, -0.15) is 13.2 Å². The van der Waals surface area contributed by atoms with Gasteiger partial charge in [0.15, 0.2) is 0 Å². The Labute approximate surface area is 109 Å². The minimum Gasteiger partial charge on any atom is -0.365 e. The van der Waals surface area contributed by atoms with Crippen molar-refractivity contribution in [3.63, 3.8) is 0 Å². The summed E-state index contributed by atoms with van der Waals surface area (Å²) in [6, 6.07) is 0. The molecule has 0 bridgehead atoms. The highest BCUT2D eigenvalue weighted by molar-refractivity contribution is 6.87. The summed E-state index contributed by atoms with van der Waals surface area (Å²) in [5.74, 6) is 2.69. The van der Waals surface area contributed by atoms with E-state index in [1.807, 2.05) is 0 Å². The van der Waals surface area contributed by atoms with Crippen LogP contribution in [-0.4, -0.2) is 27.0 Å². The van der Waals surface area contributed by atoms with Gasteiger partial charge in [0.05, 0.1) is 6.42 Å². The molecule has 0 aliphatic heterocycles. The monoisotopic (exact) mass is 280 g/mol. The number of hydrogen-bond acceptors (Lipinski definition) is 1. The minimum absolute atomic E-state index is 0.0367. The number of rotatable bonds is 3. The molecule has 0 aromatic carbocycles. The predicted molar refractivity (Wildman–Crippen MR) is 71.1 cm³/mol. The lowest BCUT2D eigenvalue weighted by atomic mass is 10.2. The Kier molecular flexibility index (Phi) is 5.95. The maximum atomic E-state index is 12.3. The molecular weight excluding hydrogens is 257 g/mol. The van der Waals surface area contributed by atoms with Gasteiger partial charge in [0.25, 0.3) is 0 Å². The van der Waals surface area contributed by atoms with E-state index in [4.69, 9.17) is 4.74 Å². The van der Waals surface area contributed by atoms with Crippen LogP contribution in [0.5, 0.6) is 0 Å². The van der Waals surface area contributed by atoms with Crippen LogP contribution in [0.4, 0.5) is 13.2 Å². The zero-order valence-electron chi connectivity index (χ0n) is 12.0. The van der Waals surface area contributed by atoms with Crippen LogP contribution in [0.15, 0.2) is 0 Å². The van der Waals surface area contributed by atoms with Gasteiger partial charge in [-0.25, -0.2) is 0 Å². The molecule has 0 saturated carbocycles. The molecule has 0 spiro atoms. The molecule has 106 valence electrons. The average molecular weight is 280 g/mol. The third-order valence-corrected chi connectivity index (χ3v) is 7.72. The lowest BCUT2D eigenvalue weighted by Gasteiger charge is -2.31. The van der Waals surface area contributed by atoms with E-state index < -0.39 is 26.8 Å². The summed E-state index contributed by atoms with van der Waals surface area (Å²) in [4.78, 5) is 0. The van der Waals surface area contributed by atoms with Gasteiger partial charge in [-0.15, -0.1) is 5.54 Å². The molecule has 5 heteroatoms. The van der Waals surface area contributed by atoms with Crippen molar-refractivity contribution >= 4 is 8.07 Å². The average Bonchev–Trinajstić information content (AvgIpc) is 2.10. The summed E-state index contributed by atoms with van der Waals surface area (Å²) in [5, 5.41) is 0.0367. The molecule has 1 unspecified atom stereocenters. The van der Waals surface area contributed by atoms with Crippen LogP contribution < -0.4 is 0 Å². The topological polar surface area (TPSA) is 9.23 Å². The van der Waals surface area contributed by atoms with Gasteiger partial charge in [-0.05, 0) is 12.0 Å². The second-order valence-corrected chi connectivity index (χ2v) is 10.9. The zero-order valence-corrected chi connectivity index (χ0v) is 13.0. The second-order valence-electron chi connectivity index (χ2n) is 5.91. The molecule has 0 heterocycles. The smallest absolute Gasteiger partial charge is 0.365 e. The lowest BCUT2D eigenvalue weighted by molar-refractivity contribution is -0.152. The molecule has 0 aromatic rings. The van der Waals surface area contributed by atoms with Crippen molar-refractivity contribution in [1.82, 2.24) is 0 Å². The first-order chi connectivity index (χ1) is 7.89. The van der Waals surface area contributed by atoms with E-state index in [0.717, 1.165) is 0 Å². The Balaban J connectivity index is 4.90. The molecule has 0 rings (SSSR count). The van der Waals surface area contributed by atoms with E-state index in [1.54, 1.807) is 6.92 Å². The summed E-state index contributed by atoms with van der Waals surface area (Å²) in [7, 11) is -1.88. The fourth-order valence-electron chi connectivity index (χ4n) is 1.01. The molecule has 0 aliphatic rings. The van der Waals surface area contributed by atoms with Gasteiger partial charge >= 0.3 is 6.18 Å².